The fourth-order valence-electron chi connectivity index (χ4n) is 7.61. The molecule has 2 rings (SSSR count). The Balaban J connectivity index is 2.36. The van der Waals surface area contributed by atoms with Crippen molar-refractivity contribution in [1.82, 2.24) is 42.1 Å². The van der Waals surface area contributed by atoms with Crippen LogP contribution in [-0.2, 0) is 49.6 Å². The Kier molecular flexibility index (Phi) is 27.0. The largest absolute Gasteiger partial charge is 0.508 e. The number of aliphatic hydroxyl groups excluding tert-OH is 2. The molecule has 410 valence electrons. The lowest BCUT2D eigenvalue weighted by Gasteiger charge is -2.31. The number of carboxylic acid groups (broad SMARTS) is 1. The van der Waals surface area contributed by atoms with E-state index in [-0.39, 0.29) is 62.8 Å². The number of nitrogens with one attached hydrogen (secondary N) is 7. The smallest absolute Gasteiger partial charge is 0.326 e. The van der Waals surface area contributed by atoms with Crippen molar-refractivity contribution in [1.29, 1.82) is 0 Å². The lowest BCUT2D eigenvalue weighted by atomic mass is 9.98. The summed E-state index contributed by atoms with van der Waals surface area (Å²) < 4.78 is 0. The normalized spacial score (nSPS) is 17.0. The number of likely N-dealkylation sites (tertiary alicyclic amines) is 1. The first-order chi connectivity index (χ1) is 34.4. The summed E-state index contributed by atoms with van der Waals surface area (Å²) >= 11 is 1.37. The average molecular weight is 1050 g/mol. The number of carbonyl (C=O) groups is 9. The maximum Gasteiger partial charge on any atom is 0.326 e. The van der Waals surface area contributed by atoms with Crippen LogP contribution in [0.5, 0.6) is 5.75 Å². The highest BCUT2D eigenvalue weighted by atomic mass is 32.2. The standard InChI is InChI=1S/C47H78N12O13S/c1-8-26(6)37(46(71)72)58-41(66)32(22-60)55-44(69)36(25(4)5)57-42(67)34-12-10-19-59(34)45(70)33(23-61)56-40(65)31(21-27-13-15-28(62)16-14-27)54-39(64)30(17-20-73-7)52-38(63)29(11-9-18-51-47(49)50)53-43(68)35(48)24(2)3/h13-16,24-26,29-37,60-62H,8-12,17-23,48H2,1-7H3,(H,52,63)(H,53,68)(H,54,64)(H,55,69)(H,56,65)(H,57,67)(H,58,66)(H,71,72)(H4,49,50,51)/t26-,29-,30-,31-,32-,33-,34-,35-,36-,37-/m0/s1. The fourth-order valence-corrected chi connectivity index (χ4v) is 8.08. The first-order valence-electron chi connectivity index (χ1n) is 24.4. The summed E-state index contributed by atoms with van der Waals surface area (Å²) in [5.74, 6) is -9.06. The number of nitrogens with two attached hydrogens (primary N) is 3. The molecule has 0 aliphatic carbocycles. The maximum absolute atomic E-state index is 14.2. The number of thioether (sulfide) groups is 1. The minimum Gasteiger partial charge on any atom is -0.508 e. The van der Waals surface area contributed by atoms with E-state index in [1.54, 1.807) is 47.8 Å². The van der Waals surface area contributed by atoms with Crippen LogP contribution >= 0.6 is 11.8 Å². The molecule has 1 aliphatic rings. The molecule has 1 aliphatic heterocycles. The molecular formula is C47H78N12O13S. The van der Waals surface area contributed by atoms with Gasteiger partial charge in [0.25, 0.3) is 0 Å². The maximum atomic E-state index is 14.2. The zero-order valence-electron chi connectivity index (χ0n) is 42.7. The van der Waals surface area contributed by atoms with Crippen LogP contribution in [0, 0.1) is 17.8 Å². The van der Waals surface area contributed by atoms with Crippen LogP contribution in [0.4, 0.5) is 0 Å². The molecule has 1 saturated heterocycles. The van der Waals surface area contributed by atoms with Crippen molar-refractivity contribution in [2.45, 2.75) is 141 Å². The van der Waals surface area contributed by atoms with Gasteiger partial charge in [0.05, 0.1) is 19.3 Å². The van der Waals surface area contributed by atoms with Crippen molar-refractivity contribution in [2.24, 2.45) is 39.9 Å². The van der Waals surface area contributed by atoms with Crippen LogP contribution in [0.3, 0.4) is 0 Å². The van der Waals surface area contributed by atoms with Crippen molar-refractivity contribution >= 4 is 70.9 Å². The number of nitrogens with zero attached hydrogens (tertiary/aromatic N) is 2. The Morgan fingerprint density at radius 1 is 0.712 bits per heavy atom. The number of rotatable bonds is 31. The molecule has 73 heavy (non-hydrogen) atoms. The average Bonchev–Trinajstić information content (AvgIpc) is 3.85. The Hall–Kier alpha value is -6.25. The van der Waals surface area contributed by atoms with Gasteiger partial charge < -0.3 is 79.7 Å². The first-order valence-corrected chi connectivity index (χ1v) is 25.8. The summed E-state index contributed by atoms with van der Waals surface area (Å²) in [7, 11) is 0. The van der Waals surface area contributed by atoms with E-state index in [0.29, 0.717) is 24.2 Å². The molecular weight excluding hydrogens is 973 g/mol. The molecule has 0 unspecified atom stereocenters. The lowest BCUT2D eigenvalue weighted by molar-refractivity contribution is -0.144. The number of phenols is 1. The van der Waals surface area contributed by atoms with E-state index < -0.39 is 133 Å². The number of phenolic OH excluding ortho intramolecular Hbond substituents is 1. The first kappa shape index (κ1) is 62.9. The molecule has 0 saturated carbocycles. The van der Waals surface area contributed by atoms with E-state index >= 15 is 0 Å². The number of aliphatic carboxylic acids is 1. The Morgan fingerprint density at radius 3 is 1.78 bits per heavy atom. The van der Waals surface area contributed by atoms with Crippen LogP contribution in [0.2, 0.25) is 0 Å². The molecule has 26 heteroatoms. The number of carboxylic acids is 1. The topological polar surface area (TPSA) is 412 Å². The van der Waals surface area contributed by atoms with E-state index in [9.17, 15) is 63.6 Å². The molecule has 1 aromatic carbocycles. The summed E-state index contributed by atoms with van der Waals surface area (Å²) in [6.45, 7) is 8.33. The van der Waals surface area contributed by atoms with Crippen molar-refractivity contribution in [3.8, 4) is 5.75 Å². The molecule has 1 aromatic rings. The zero-order chi connectivity index (χ0) is 55.1. The van der Waals surface area contributed by atoms with Gasteiger partial charge in [0.1, 0.15) is 54.1 Å². The predicted octanol–water partition coefficient (Wildman–Crippen LogP) is -3.12. The van der Waals surface area contributed by atoms with Crippen molar-refractivity contribution in [2.75, 3.05) is 38.3 Å². The molecule has 1 heterocycles. The van der Waals surface area contributed by atoms with Gasteiger partial charge in [-0.15, -0.1) is 0 Å². The van der Waals surface area contributed by atoms with E-state index in [1.807, 2.05) is 0 Å². The summed E-state index contributed by atoms with van der Waals surface area (Å²) in [4.78, 5) is 127. The number of aliphatic hydroxyl groups is 2. The predicted molar refractivity (Wildman–Crippen MR) is 272 cm³/mol. The van der Waals surface area contributed by atoms with E-state index in [2.05, 4.69) is 42.2 Å². The van der Waals surface area contributed by atoms with Gasteiger partial charge >= 0.3 is 5.97 Å². The van der Waals surface area contributed by atoms with E-state index in [0.717, 1.165) is 4.90 Å². The molecule has 1 fully saturated rings. The molecule has 0 radical (unpaired) electrons. The highest BCUT2D eigenvalue weighted by Crippen LogP contribution is 2.20. The number of aliphatic imine (C=N–C) groups is 1. The minimum atomic E-state index is -1.65. The highest BCUT2D eigenvalue weighted by molar-refractivity contribution is 7.98. The monoisotopic (exact) mass is 1050 g/mol. The van der Waals surface area contributed by atoms with Gasteiger partial charge in [0.2, 0.25) is 47.3 Å². The SMILES string of the molecule is CC[C@H](C)[C@H](NC(=O)[C@H](CO)NC(=O)[C@@H](NC(=O)[C@@H]1CCCN1C(=O)[C@H](CO)NC(=O)[C@H](Cc1ccc(O)cc1)NC(=O)[C@H](CCSC)NC(=O)[C@H](CCCN=C(N)N)NC(=O)[C@@H](N)C(C)C)C(C)C)C(=O)O. The third-order valence-corrected chi connectivity index (χ3v) is 13.0. The molecule has 10 atom stereocenters. The van der Waals surface area contributed by atoms with Crippen molar-refractivity contribution in [3.05, 3.63) is 29.8 Å². The van der Waals surface area contributed by atoms with Gasteiger partial charge in [-0.05, 0) is 79.6 Å². The van der Waals surface area contributed by atoms with Crippen LogP contribution in [-0.4, -0.2) is 177 Å². The second kappa shape index (κ2) is 31.4. The van der Waals surface area contributed by atoms with Gasteiger partial charge in [-0.25, -0.2) is 4.79 Å². The van der Waals surface area contributed by atoms with Crippen LogP contribution in [0.25, 0.3) is 0 Å². The molecule has 17 N–H and O–H groups in total. The van der Waals surface area contributed by atoms with Crippen LogP contribution in [0.15, 0.2) is 29.3 Å². The fraction of sp³-hybridized carbons (Fsp3) is 0.660. The number of aromatic hydroxyl groups is 1. The lowest BCUT2D eigenvalue weighted by Crippen LogP contribution is -2.61. The number of guanidine groups is 1. The number of hydrogen-bond acceptors (Lipinski definition) is 15. The molecule has 0 bridgehead atoms. The van der Waals surface area contributed by atoms with E-state index in [4.69, 9.17) is 17.2 Å². The third-order valence-electron chi connectivity index (χ3n) is 12.3. The van der Waals surface area contributed by atoms with Gasteiger partial charge in [0, 0.05) is 19.5 Å². The molecule has 0 spiro atoms. The molecule has 8 amide bonds. The van der Waals surface area contributed by atoms with Gasteiger partial charge in [-0.1, -0.05) is 60.1 Å². The van der Waals surface area contributed by atoms with Crippen LogP contribution in [0.1, 0.15) is 85.6 Å². The Bertz CT molecular complexity index is 2060. The van der Waals surface area contributed by atoms with Gasteiger partial charge in [-0.3, -0.25) is 43.3 Å². The number of amides is 8. The molecule has 25 nitrogen and oxygen atoms in total. The second-order valence-electron chi connectivity index (χ2n) is 18.7. The summed E-state index contributed by atoms with van der Waals surface area (Å²) in [5.41, 5.74) is 17.4. The second-order valence-corrected chi connectivity index (χ2v) is 19.7. The number of carbonyl (C=O) groups excluding carboxylic acids is 8. The zero-order valence-corrected chi connectivity index (χ0v) is 43.5. The van der Waals surface area contributed by atoms with Gasteiger partial charge in [0.15, 0.2) is 5.96 Å². The minimum absolute atomic E-state index is 0.0130. The Labute approximate surface area is 430 Å². The highest BCUT2D eigenvalue weighted by Gasteiger charge is 2.41. The summed E-state index contributed by atoms with van der Waals surface area (Å²) in [6, 6.07) is -6.12. The molecule has 0 aromatic heterocycles. The van der Waals surface area contributed by atoms with E-state index in [1.165, 1.54) is 36.0 Å². The van der Waals surface area contributed by atoms with Crippen molar-refractivity contribution < 1.29 is 63.6 Å². The summed E-state index contributed by atoms with van der Waals surface area (Å²) in [5, 5.41) is 57.9. The third kappa shape index (κ3) is 20.3. The Morgan fingerprint density at radius 2 is 1.25 bits per heavy atom. The summed E-state index contributed by atoms with van der Waals surface area (Å²) in [6.07, 6.45) is 2.83. The van der Waals surface area contributed by atoms with Gasteiger partial charge in [-0.2, -0.15) is 11.8 Å². The van der Waals surface area contributed by atoms with Crippen LogP contribution < -0.4 is 54.4 Å². The number of hydrogen-bond donors (Lipinski definition) is 14. The quantitative estimate of drug-likeness (QED) is 0.0199. The number of benzene rings is 1. The van der Waals surface area contributed by atoms with Crippen molar-refractivity contribution in [3.63, 3.8) is 0 Å².